The lowest BCUT2D eigenvalue weighted by molar-refractivity contribution is -0.0485. The molecule has 7 nitrogen and oxygen atoms in total. The van der Waals surface area contributed by atoms with E-state index in [4.69, 9.17) is 14.2 Å². The van der Waals surface area contributed by atoms with Crippen molar-refractivity contribution in [2.45, 2.75) is 25.2 Å². The smallest absolute Gasteiger partial charge is 0.233 e. The van der Waals surface area contributed by atoms with Gasteiger partial charge in [0, 0.05) is 18.2 Å². The Morgan fingerprint density at radius 3 is 3.17 bits per heavy atom. The second-order valence-electron chi connectivity index (χ2n) is 5.30. The highest BCUT2D eigenvalue weighted by molar-refractivity contribution is 7.07. The molecule has 0 saturated carbocycles. The zero-order valence-corrected chi connectivity index (χ0v) is 14.1. The minimum atomic E-state index is -0.0587. The molecule has 8 heteroatoms. The van der Waals surface area contributed by atoms with E-state index in [-0.39, 0.29) is 12.1 Å². The summed E-state index contributed by atoms with van der Waals surface area (Å²) in [5.41, 5.74) is 3.76. The maximum atomic E-state index is 9.37. The minimum Gasteiger partial charge on any atom is -0.480 e. The van der Waals surface area contributed by atoms with E-state index in [1.165, 1.54) is 7.11 Å². The summed E-state index contributed by atoms with van der Waals surface area (Å²) in [6.07, 6.45) is 2.37. The molecule has 2 aromatic heterocycles. The Bertz CT molecular complexity index is 702. The van der Waals surface area contributed by atoms with Crippen LogP contribution in [-0.4, -0.2) is 42.4 Å². The molecule has 2 atom stereocenters. The summed E-state index contributed by atoms with van der Waals surface area (Å²) in [7, 11) is 1.50. The Hall–Kier alpha value is -2.21. The molecule has 1 fully saturated rings. The van der Waals surface area contributed by atoms with E-state index < -0.39 is 0 Å². The second kappa shape index (κ2) is 8.06. The molecule has 0 radical (unpaired) electrons. The molecule has 0 amide bonds. The normalized spacial score (nSPS) is 20.3. The number of pyridine rings is 1. The fourth-order valence-corrected chi connectivity index (χ4v) is 3.12. The van der Waals surface area contributed by atoms with E-state index in [0.29, 0.717) is 37.0 Å². The van der Waals surface area contributed by atoms with Crippen LogP contribution in [0.25, 0.3) is 0 Å². The molecule has 126 valence electrons. The predicted molar refractivity (Wildman–Crippen MR) is 89.0 cm³/mol. The highest BCUT2D eigenvalue weighted by Gasteiger charge is 2.28. The molecule has 0 spiro atoms. The van der Waals surface area contributed by atoms with Gasteiger partial charge in [-0.25, -0.2) is 9.97 Å². The number of aromatic nitrogens is 2. The monoisotopic (exact) mass is 346 g/mol. The molecule has 1 aliphatic rings. The Labute approximate surface area is 144 Å². The third-order valence-electron chi connectivity index (χ3n) is 3.78. The van der Waals surface area contributed by atoms with Gasteiger partial charge in [-0.2, -0.15) is 5.26 Å². The number of nitriles is 1. The minimum absolute atomic E-state index is 0.0221. The van der Waals surface area contributed by atoms with Crippen molar-refractivity contribution in [3.63, 3.8) is 0 Å². The van der Waals surface area contributed by atoms with E-state index in [1.807, 2.05) is 5.38 Å². The molecule has 2 aromatic rings. The molecule has 1 N–H and O–H groups in total. The van der Waals surface area contributed by atoms with Crippen molar-refractivity contribution in [2.24, 2.45) is 0 Å². The van der Waals surface area contributed by atoms with E-state index in [1.54, 1.807) is 29.1 Å². The van der Waals surface area contributed by atoms with Gasteiger partial charge in [-0.15, -0.1) is 11.3 Å². The third-order valence-corrected chi connectivity index (χ3v) is 4.42. The number of ether oxygens (including phenoxy) is 3. The van der Waals surface area contributed by atoms with Gasteiger partial charge in [0.15, 0.2) is 0 Å². The maximum absolute atomic E-state index is 9.37. The summed E-state index contributed by atoms with van der Waals surface area (Å²) in [6, 6.07) is 3.83. The summed E-state index contributed by atoms with van der Waals surface area (Å²) < 4.78 is 16.7. The van der Waals surface area contributed by atoms with Crippen LogP contribution < -0.4 is 10.1 Å². The highest BCUT2D eigenvalue weighted by Crippen LogP contribution is 2.25. The van der Waals surface area contributed by atoms with Gasteiger partial charge in [0.05, 0.1) is 49.4 Å². The van der Waals surface area contributed by atoms with E-state index >= 15 is 0 Å². The van der Waals surface area contributed by atoms with Gasteiger partial charge in [0.1, 0.15) is 11.6 Å². The SMILES string of the molecule is COc1nccc(N[C@@H]2COCC[C@@H]2OCc2cscn2)c1C#N. The molecular weight excluding hydrogens is 328 g/mol. The fourth-order valence-electron chi connectivity index (χ4n) is 2.58. The van der Waals surface area contributed by atoms with Crippen LogP contribution in [-0.2, 0) is 16.1 Å². The Morgan fingerprint density at radius 2 is 2.42 bits per heavy atom. The van der Waals surface area contributed by atoms with E-state index in [2.05, 4.69) is 21.4 Å². The number of rotatable bonds is 6. The zero-order chi connectivity index (χ0) is 16.8. The van der Waals surface area contributed by atoms with Crippen molar-refractivity contribution in [1.82, 2.24) is 9.97 Å². The largest absolute Gasteiger partial charge is 0.480 e. The number of hydrogen-bond acceptors (Lipinski definition) is 8. The van der Waals surface area contributed by atoms with Crippen molar-refractivity contribution in [2.75, 3.05) is 25.6 Å². The lowest BCUT2D eigenvalue weighted by Crippen LogP contribution is -2.44. The van der Waals surface area contributed by atoms with Gasteiger partial charge >= 0.3 is 0 Å². The Morgan fingerprint density at radius 1 is 1.50 bits per heavy atom. The van der Waals surface area contributed by atoms with Crippen LogP contribution in [0.1, 0.15) is 17.7 Å². The first kappa shape index (κ1) is 16.6. The second-order valence-corrected chi connectivity index (χ2v) is 6.02. The van der Waals surface area contributed by atoms with Crippen molar-refractivity contribution >= 4 is 17.0 Å². The zero-order valence-electron chi connectivity index (χ0n) is 13.3. The number of thiazole rings is 1. The van der Waals surface area contributed by atoms with Crippen molar-refractivity contribution in [1.29, 1.82) is 5.26 Å². The number of nitrogens with zero attached hydrogens (tertiary/aromatic N) is 3. The third kappa shape index (κ3) is 3.82. The standard InChI is InChI=1S/C16H18N4O3S/c1-21-16-12(6-17)13(2-4-18-16)20-14-8-22-5-3-15(14)23-7-11-9-24-10-19-11/h2,4,9-10,14-15H,3,5,7-8H2,1H3,(H,18,20)/t14-,15+/m1/s1. The van der Waals surface area contributed by atoms with Crippen LogP contribution in [0.5, 0.6) is 5.88 Å². The molecule has 3 heterocycles. The quantitative estimate of drug-likeness (QED) is 0.857. The van der Waals surface area contributed by atoms with E-state index in [0.717, 1.165) is 12.1 Å². The van der Waals surface area contributed by atoms with Crippen LogP contribution in [0.15, 0.2) is 23.2 Å². The van der Waals surface area contributed by atoms with E-state index in [9.17, 15) is 5.26 Å². The lowest BCUT2D eigenvalue weighted by Gasteiger charge is -2.32. The first-order valence-corrected chi connectivity index (χ1v) is 8.52. The number of anilines is 1. The maximum Gasteiger partial charge on any atom is 0.233 e. The topological polar surface area (TPSA) is 89.3 Å². The van der Waals surface area contributed by atoms with Crippen LogP contribution in [0.2, 0.25) is 0 Å². The molecule has 0 aliphatic carbocycles. The van der Waals surface area contributed by atoms with Gasteiger partial charge in [0.25, 0.3) is 0 Å². The summed E-state index contributed by atoms with van der Waals surface area (Å²) >= 11 is 1.55. The summed E-state index contributed by atoms with van der Waals surface area (Å²) in [6.45, 7) is 1.64. The summed E-state index contributed by atoms with van der Waals surface area (Å²) in [5.74, 6) is 0.305. The predicted octanol–water partition coefficient (Wildman–Crippen LogP) is 2.20. The van der Waals surface area contributed by atoms with Gasteiger partial charge in [-0.05, 0) is 12.5 Å². The van der Waals surface area contributed by atoms with Gasteiger partial charge in [0.2, 0.25) is 5.88 Å². The molecule has 3 rings (SSSR count). The number of methoxy groups -OCH3 is 1. The fraction of sp³-hybridized carbons (Fsp3) is 0.438. The van der Waals surface area contributed by atoms with Crippen molar-refractivity contribution in [3.8, 4) is 11.9 Å². The first-order chi connectivity index (χ1) is 11.8. The van der Waals surface area contributed by atoms with Gasteiger partial charge in [-0.1, -0.05) is 0 Å². The lowest BCUT2D eigenvalue weighted by atomic mass is 10.1. The molecular formula is C16H18N4O3S. The molecule has 0 bridgehead atoms. The number of nitrogens with one attached hydrogen (secondary N) is 1. The first-order valence-electron chi connectivity index (χ1n) is 7.58. The van der Waals surface area contributed by atoms with Crippen LogP contribution in [0.3, 0.4) is 0 Å². The molecule has 0 aromatic carbocycles. The highest BCUT2D eigenvalue weighted by atomic mass is 32.1. The molecule has 1 aliphatic heterocycles. The average Bonchev–Trinajstić information content (AvgIpc) is 3.14. The molecule has 1 saturated heterocycles. The molecule has 0 unspecified atom stereocenters. The van der Waals surface area contributed by atoms with Crippen LogP contribution in [0.4, 0.5) is 5.69 Å². The van der Waals surface area contributed by atoms with Gasteiger partial charge in [-0.3, -0.25) is 0 Å². The van der Waals surface area contributed by atoms with Crippen LogP contribution in [0, 0.1) is 11.3 Å². The van der Waals surface area contributed by atoms with Crippen molar-refractivity contribution in [3.05, 3.63) is 34.4 Å². The Balaban J connectivity index is 1.71. The van der Waals surface area contributed by atoms with Crippen molar-refractivity contribution < 1.29 is 14.2 Å². The van der Waals surface area contributed by atoms with Gasteiger partial charge < -0.3 is 19.5 Å². The Kier molecular flexibility index (Phi) is 5.59. The number of hydrogen-bond donors (Lipinski definition) is 1. The summed E-state index contributed by atoms with van der Waals surface area (Å²) in [5, 5.41) is 14.7. The molecule has 24 heavy (non-hydrogen) atoms. The average molecular weight is 346 g/mol. The van der Waals surface area contributed by atoms with Crippen LogP contribution >= 0.6 is 11.3 Å². The summed E-state index contributed by atoms with van der Waals surface area (Å²) in [4.78, 5) is 8.29.